The predicted molar refractivity (Wildman–Crippen MR) is 58.7 cm³/mol. The van der Waals surface area contributed by atoms with Crippen LogP contribution in [0.15, 0.2) is 18.2 Å². The third-order valence-electron chi connectivity index (χ3n) is 1.93. The number of aromatic nitrogens is 3. The highest BCUT2D eigenvalue weighted by Crippen LogP contribution is 2.18. The second-order valence-corrected chi connectivity index (χ2v) is 3.78. The van der Waals surface area contributed by atoms with E-state index in [-0.39, 0.29) is 10.7 Å². The maximum absolute atomic E-state index is 13.3. The molecule has 1 aromatic carbocycles. The number of amides is 1. The van der Waals surface area contributed by atoms with E-state index < -0.39 is 22.3 Å². The summed E-state index contributed by atoms with van der Waals surface area (Å²) in [6.07, 6.45) is 0. The summed E-state index contributed by atoms with van der Waals surface area (Å²) in [5.74, 6) is -1.73. The van der Waals surface area contributed by atoms with Crippen molar-refractivity contribution in [2.24, 2.45) is 0 Å². The van der Waals surface area contributed by atoms with Gasteiger partial charge in [-0.3, -0.25) is 20.2 Å². The molecule has 0 spiro atoms. The lowest BCUT2D eigenvalue weighted by Gasteiger charge is -2.01. The van der Waals surface area contributed by atoms with E-state index in [0.717, 1.165) is 29.7 Å². The molecule has 0 radical (unpaired) electrons. The highest BCUT2D eigenvalue weighted by Gasteiger charge is 2.17. The molecule has 0 aliphatic rings. The summed E-state index contributed by atoms with van der Waals surface area (Å²) in [5, 5.41) is 19.6. The molecule has 18 heavy (non-hydrogen) atoms. The molecule has 92 valence electrons. The van der Waals surface area contributed by atoms with Gasteiger partial charge in [0.1, 0.15) is 0 Å². The SMILES string of the molecule is O=C(Nc1nnns1)c1ccc([N+](=O)[O-])c(F)c1. The average molecular weight is 269 g/mol. The first-order valence-electron chi connectivity index (χ1n) is 4.48. The Labute approximate surface area is 103 Å². The number of carbonyl (C=O) groups excluding carboxylic acids is 1. The van der Waals surface area contributed by atoms with Crippen molar-refractivity contribution in [1.82, 2.24) is 14.8 Å². The van der Waals surface area contributed by atoms with Crippen LogP contribution in [0.1, 0.15) is 10.4 Å². The van der Waals surface area contributed by atoms with Crippen molar-refractivity contribution in [3.05, 3.63) is 39.7 Å². The van der Waals surface area contributed by atoms with Crippen molar-refractivity contribution in [2.75, 3.05) is 5.32 Å². The molecule has 0 aliphatic heterocycles. The predicted octanol–water partition coefficient (Wildman–Crippen LogP) is 1.23. The minimum Gasteiger partial charge on any atom is -0.295 e. The van der Waals surface area contributed by atoms with Crippen molar-refractivity contribution < 1.29 is 14.1 Å². The van der Waals surface area contributed by atoms with Gasteiger partial charge in [0.05, 0.1) is 4.92 Å². The molecule has 0 saturated carbocycles. The Balaban J connectivity index is 2.21. The minimum absolute atomic E-state index is 0.0618. The molecule has 0 atom stereocenters. The largest absolute Gasteiger partial charge is 0.304 e. The molecular weight excluding hydrogens is 265 g/mol. The van der Waals surface area contributed by atoms with Crippen LogP contribution < -0.4 is 5.32 Å². The van der Waals surface area contributed by atoms with Crippen LogP contribution in [0.4, 0.5) is 15.2 Å². The molecule has 0 aliphatic carbocycles. The Morgan fingerprint density at radius 1 is 1.50 bits per heavy atom. The van der Waals surface area contributed by atoms with Crippen LogP contribution in [-0.2, 0) is 0 Å². The van der Waals surface area contributed by atoms with Gasteiger partial charge in [0.25, 0.3) is 5.91 Å². The Hall–Kier alpha value is -2.49. The number of nitrogens with one attached hydrogen (secondary N) is 1. The molecule has 1 amide bonds. The zero-order valence-corrected chi connectivity index (χ0v) is 9.35. The second-order valence-electron chi connectivity index (χ2n) is 3.04. The Kier molecular flexibility index (Phi) is 3.19. The molecule has 2 rings (SSSR count). The first-order chi connectivity index (χ1) is 8.58. The van der Waals surface area contributed by atoms with Crippen molar-refractivity contribution in [2.45, 2.75) is 0 Å². The van der Waals surface area contributed by atoms with E-state index in [4.69, 9.17) is 0 Å². The van der Waals surface area contributed by atoms with Gasteiger partial charge in [0, 0.05) is 23.2 Å². The number of nitrogens with zero attached hydrogens (tertiary/aromatic N) is 4. The number of benzene rings is 1. The number of rotatable bonds is 3. The van der Waals surface area contributed by atoms with E-state index in [9.17, 15) is 19.3 Å². The number of hydrogen-bond donors (Lipinski definition) is 1. The van der Waals surface area contributed by atoms with Crippen LogP contribution in [0.3, 0.4) is 0 Å². The summed E-state index contributed by atoms with van der Waals surface area (Å²) in [7, 11) is 0. The van der Waals surface area contributed by atoms with Crippen molar-refractivity contribution in [3.63, 3.8) is 0 Å². The number of nitro groups is 1. The van der Waals surface area contributed by atoms with E-state index in [2.05, 4.69) is 20.1 Å². The van der Waals surface area contributed by atoms with Gasteiger partial charge in [-0.1, -0.05) is 9.59 Å². The van der Waals surface area contributed by atoms with Crippen molar-refractivity contribution >= 4 is 28.3 Å². The van der Waals surface area contributed by atoms with Gasteiger partial charge in [0.2, 0.25) is 10.9 Å². The molecule has 1 aromatic heterocycles. The smallest absolute Gasteiger partial charge is 0.295 e. The molecule has 0 saturated heterocycles. The van der Waals surface area contributed by atoms with Crippen LogP contribution in [0.25, 0.3) is 0 Å². The van der Waals surface area contributed by atoms with Gasteiger partial charge in [0.15, 0.2) is 0 Å². The average Bonchev–Trinajstić information content (AvgIpc) is 2.81. The van der Waals surface area contributed by atoms with E-state index in [0.29, 0.717) is 0 Å². The lowest BCUT2D eigenvalue weighted by molar-refractivity contribution is -0.387. The lowest BCUT2D eigenvalue weighted by Crippen LogP contribution is -2.12. The first kappa shape index (κ1) is 12.0. The second kappa shape index (κ2) is 4.79. The van der Waals surface area contributed by atoms with Gasteiger partial charge in [-0.25, -0.2) is 0 Å². The molecular formula is C8H4FN5O3S. The fourth-order valence-corrected chi connectivity index (χ4v) is 1.51. The van der Waals surface area contributed by atoms with Crippen molar-refractivity contribution in [1.29, 1.82) is 0 Å². The minimum atomic E-state index is -1.08. The van der Waals surface area contributed by atoms with Gasteiger partial charge in [-0.05, 0) is 17.3 Å². The van der Waals surface area contributed by atoms with Gasteiger partial charge < -0.3 is 0 Å². The molecule has 0 bridgehead atoms. The van der Waals surface area contributed by atoms with Gasteiger partial charge in [-0.2, -0.15) is 4.39 Å². The van der Waals surface area contributed by atoms with Crippen LogP contribution in [0, 0.1) is 15.9 Å². The normalized spacial score (nSPS) is 10.1. The number of carbonyl (C=O) groups is 1. The van der Waals surface area contributed by atoms with Gasteiger partial charge in [-0.15, -0.1) is 0 Å². The zero-order chi connectivity index (χ0) is 13.1. The number of hydrogen-bond acceptors (Lipinski definition) is 7. The Morgan fingerprint density at radius 3 is 2.83 bits per heavy atom. The zero-order valence-electron chi connectivity index (χ0n) is 8.53. The fourth-order valence-electron chi connectivity index (χ4n) is 1.15. The molecule has 2 aromatic rings. The third kappa shape index (κ3) is 2.43. The van der Waals surface area contributed by atoms with Crippen LogP contribution >= 0.6 is 11.5 Å². The van der Waals surface area contributed by atoms with Gasteiger partial charge >= 0.3 is 5.69 Å². The summed E-state index contributed by atoms with van der Waals surface area (Å²) < 4.78 is 16.7. The highest BCUT2D eigenvalue weighted by molar-refractivity contribution is 7.09. The monoisotopic (exact) mass is 269 g/mol. The first-order valence-corrected chi connectivity index (χ1v) is 5.25. The maximum atomic E-state index is 13.3. The van der Waals surface area contributed by atoms with Crippen molar-refractivity contribution in [3.8, 4) is 0 Å². The van der Waals surface area contributed by atoms with Crippen LogP contribution in [0.2, 0.25) is 0 Å². The van der Waals surface area contributed by atoms with E-state index in [1.165, 1.54) is 0 Å². The summed E-state index contributed by atoms with van der Waals surface area (Å²) in [4.78, 5) is 21.1. The van der Waals surface area contributed by atoms with E-state index >= 15 is 0 Å². The number of anilines is 1. The number of nitro benzene ring substituents is 1. The van der Waals surface area contributed by atoms with Crippen LogP contribution in [-0.4, -0.2) is 25.6 Å². The number of halogens is 1. The third-order valence-corrected chi connectivity index (χ3v) is 2.44. The molecule has 10 heteroatoms. The summed E-state index contributed by atoms with van der Waals surface area (Å²) in [6.45, 7) is 0. The molecule has 1 N–H and O–H groups in total. The Morgan fingerprint density at radius 2 is 2.28 bits per heavy atom. The quantitative estimate of drug-likeness (QED) is 0.662. The topological polar surface area (TPSA) is 111 Å². The molecule has 8 nitrogen and oxygen atoms in total. The Bertz CT molecular complexity index is 603. The molecule has 1 heterocycles. The summed E-state index contributed by atoms with van der Waals surface area (Å²) >= 11 is 0.852. The highest BCUT2D eigenvalue weighted by atomic mass is 32.1. The standard InChI is InChI=1S/C8H4FN5O3S/c9-5-3-4(1-2-6(5)14(16)17)7(15)10-8-11-12-13-18-8/h1-3H,(H,10,11,13,15). The molecule has 0 unspecified atom stereocenters. The fraction of sp³-hybridized carbons (Fsp3) is 0. The molecule has 0 fully saturated rings. The van der Waals surface area contributed by atoms with Crippen LogP contribution in [0.5, 0.6) is 0 Å². The van der Waals surface area contributed by atoms with E-state index in [1.54, 1.807) is 0 Å². The summed E-state index contributed by atoms with van der Waals surface area (Å²) in [6, 6.07) is 2.84. The summed E-state index contributed by atoms with van der Waals surface area (Å²) in [5.41, 5.74) is -0.752. The maximum Gasteiger partial charge on any atom is 0.304 e. The lowest BCUT2D eigenvalue weighted by atomic mass is 10.2. The van der Waals surface area contributed by atoms with E-state index in [1.807, 2.05) is 0 Å².